The van der Waals surface area contributed by atoms with E-state index < -0.39 is 0 Å². The van der Waals surface area contributed by atoms with Gasteiger partial charge in [0.25, 0.3) is 0 Å². The standard InChI is InChI=1S/C58H62O4/c1-35-29-49(57(59)51(31-35)55-43-21-9-5-17-39(43)33-40-18-6-10-22-44(40)55)47-25-13-15-27-53(47)61-37(3)38(4)62-54-28-16-14-26-48(54)50-30-36(2)32-52(58(50)60)56-45-23-11-7-19-41(45)34-42-20-8-12-24-46(42)56/h13-16,25-34,37-38,59-60H,5-12,17-24H2,1-4H3/t37-,38?/m1/s1. The SMILES string of the molecule is Cc1cc(-c2ccccc2OC(C)[C@@H](C)Oc2ccccc2-c2cc(C)cc(-c3c4c(cc5c3CCCC5)CCCC4)c2O)c(O)c(-c2c3c(cc4c2CCCC4)CCCC3)c1. The lowest BCUT2D eigenvalue weighted by Crippen LogP contribution is -2.31. The molecule has 4 aliphatic carbocycles. The van der Waals surface area contributed by atoms with Gasteiger partial charge in [-0.15, -0.1) is 0 Å². The zero-order valence-electron chi connectivity index (χ0n) is 37.3. The first-order valence-electron chi connectivity index (χ1n) is 23.8. The molecule has 4 aliphatic rings. The van der Waals surface area contributed by atoms with Gasteiger partial charge in [-0.2, -0.15) is 0 Å². The molecule has 0 aliphatic heterocycles. The summed E-state index contributed by atoms with van der Waals surface area (Å²) in [5.41, 5.74) is 21.8. The van der Waals surface area contributed by atoms with Crippen molar-refractivity contribution in [1.29, 1.82) is 0 Å². The molecule has 1 unspecified atom stereocenters. The quantitative estimate of drug-likeness (QED) is 0.152. The topological polar surface area (TPSA) is 58.9 Å². The fraction of sp³-hybridized carbons (Fsp3) is 0.379. The summed E-state index contributed by atoms with van der Waals surface area (Å²) in [6.45, 7) is 8.39. The molecule has 318 valence electrons. The number of aromatic hydroxyl groups is 2. The molecule has 0 saturated heterocycles. The summed E-state index contributed by atoms with van der Waals surface area (Å²) in [5.74, 6) is 2.09. The smallest absolute Gasteiger partial charge is 0.132 e. The van der Waals surface area contributed by atoms with Crippen LogP contribution in [0.2, 0.25) is 0 Å². The van der Waals surface area contributed by atoms with Crippen LogP contribution in [0.5, 0.6) is 23.0 Å². The minimum atomic E-state index is -0.340. The summed E-state index contributed by atoms with van der Waals surface area (Å²) in [6, 6.07) is 29.8. The Morgan fingerprint density at radius 1 is 0.387 bits per heavy atom. The van der Waals surface area contributed by atoms with Crippen molar-refractivity contribution < 1.29 is 19.7 Å². The maximum atomic E-state index is 12.4. The van der Waals surface area contributed by atoms with E-state index in [1.165, 1.54) is 107 Å². The Morgan fingerprint density at radius 2 is 0.694 bits per heavy atom. The highest BCUT2D eigenvalue weighted by Crippen LogP contribution is 2.50. The van der Waals surface area contributed by atoms with E-state index in [4.69, 9.17) is 9.47 Å². The third-order valence-electron chi connectivity index (χ3n) is 14.6. The van der Waals surface area contributed by atoms with Gasteiger partial charge in [-0.1, -0.05) is 48.5 Å². The number of hydrogen-bond donors (Lipinski definition) is 2. The summed E-state index contributed by atoms with van der Waals surface area (Å²) in [5, 5.41) is 24.7. The van der Waals surface area contributed by atoms with Gasteiger partial charge in [0, 0.05) is 33.4 Å². The second-order valence-corrected chi connectivity index (χ2v) is 18.9. The minimum absolute atomic E-state index is 0.332. The minimum Gasteiger partial charge on any atom is -0.507 e. The van der Waals surface area contributed by atoms with E-state index >= 15 is 0 Å². The molecular weight excluding hydrogens is 761 g/mol. The Labute approximate surface area is 369 Å². The fourth-order valence-corrected chi connectivity index (χ4v) is 11.5. The van der Waals surface area contributed by atoms with Crippen LogP contribution in [0.1, 0.15) is 121 Å². The summed E-state index contributed by atoms with van der Waals surface area (Å²) < 4.78 is 13.7. The molecule has 62 heavy (non-hydrogen) atoms. The number of ether oxygens (including phenoxy) is 2. The molecule has 0 spiro atoms. The van der Waals surface area contributed by atoms with E-state index in [0.29, 0.717) is 23.0 Å². The number of benzene rings is 6. The second-order valence-electron chi connectivity index (χ2n) is 18.9. The van der Waals surface area contributed by atoms with Crippen LogP contribution in [0.15, 0.2) is 84.9 Å². The van der Waals surface area contributed by atoms with E-state index in [2.05, 4.69) is 76.2 Å². The molecule has 0 fully saturated rings. The van der Waals surface area contributed by atoms with Crippen LogP contribution >= 0.6 is 0 Å². The zero-order valence-corrected chi connectivity index (χ0v) is 37.3. The van der Waals surface area contributed by atoms with Crippen molar-refractivity contribution in [1.82, 2.24) is 0 Å². The molecule has 0 radical (unpaired) electrons. The largest absolute Gasteiger partial charge is 0.507 e. The van der Waals surface area contributed by atoms with Gasteiger partial charge < -0.3 is 19.7 Å². The molecule has 0 saturated carbocycles. The maximum absolute atomic E-state index is 12.4. The molecule has 2 atom stereocenters. The van der Waals surface area contributed by atoms with Gasteiger partial charge in [0.15, 0.2) is 0 Å². The number of para-hydroxylation sites is 2. The molecule has 2 N–H and O–H groups in total. The lowest BCUT2D eigenvalue weighted by molar-refractivity contribution is 0.0787. The first kappa shape index (κ1) is 40.6. The second kappa shape index (κ2) is 17.0. The third-order valence-corrected chi connectivity index (χ3v) is 14.6. The highest BCUT2D eigenvalue weighted by Gasteiger charge is 2.29. The number of phenolic OH excluding ortho intramolecular Hbond substituents is 2. The van der Waals surface area contributed by atoms with Crippen molar-refractivity contribution in [3.63, 3.8) is 0 Å². The Kier molecular flexibility index (Phi) is 11.1. The maximum Gasteiger partial charge on any atom is 0.132 e. The van der Waals surface area contributed by atoms with Gasteiger partial charge in [0.05, 0.1) is 0 Å². The predicted octanol–water partition coefficient (Wildman–Crippen LogP) is 14.1. The molecule has 4 heteroatoms. The zero-order chi connectivity index (χ0) is 42.5. The highest BCUT2D eigenvalue weighted by atomic mass is 16.5. The molecule has 6 aromatic carbocycles. The average Bonchev–Trinajstić information content (AvgIpc) is 3.29. The monoisotopic (exact) mass is 822 g/mol. The van der Waals surface area contributed by atoms with Crippen LogP contribution in [0.3, 0.4) is 0 Å². The number of aryl methyl sites for hydroxylation is 6. The number of hydrogen-bond acceptors (Lipinski definition) is 4. The Hall–Kier alpha value is -5.48. The van der Waals surface area contributed by atoms with Crippen molar-refractivity contribution in [2.45, 2.75) is 143 Å². The van der Waals surface area contributed by atoms with Crippen molar-refractivity contribution in [3.8, 4) is 67.5 Å². The Bertz CT molecular complexity index is 2430. The molecule has 10 rings (SSSR count). The lowest BCUT2D eigenvalue weighted by Gasteiger charge is -2.29. The van der Waals surface area contributed by atoms with Crippen LogP contribution in [0.4, 0.5) is 0 Å². The first-order chi connectivity index (χ1) is 30.2. The van der Waals surface area contributed by atoms with Crippen LogP contribution in [0, 0.1) is 13.8 Å². The summed E-state index contributed by atoms with van der Waals surface area (Å²) in [6.07, 6.45) is 17.8. The van der Waals surface area contributed by atoms with Crippen LogP contribution in [-0.4, -0.2) is 22.4 Å². The van der Waals surface area contributed by atoms with Gasteiger partial charge in [-0.3, -0.25) is 0 Å². The highest BCUT2D eigenvalue weighted by molar-refractivity contribution is 5.90. The molecular formula is C58H62O4. The molecule has 0 aromatic heterocycles. The van der Waals surface area contributed by atoms with E-state index in [1.807, 2.05) is 36.4 Å². The Balaban J connectivity index is 0.964. The van der Waals surface area contributed by atoms with Crippen molar-refractivity contribution in [2.75, 3.05) is 0 Å². The van der Waals surface area contributed by atoms with E-state index in [0.717, 1.165) is 95.9 Å². The predicted molar refractivity (Wildman–Crippen MR) is 254 cm³/mol. The summed E-state index contributed by atoms with van der Waals surface area (Å²) in [7, 11) is 0. The summed E-state index contributed by atoms with van der Waals surface area (Å²) in [4.78, 5) is 0. The molecule has 4 nitrogen and oxygen atoms in total. The van der Waals surface area contributed by atoms with Gasteiger partial charge in [0.2, 0.25) is 0 Å². The van der Waals surface area contributed by atoms with Crippen LogP contribution in [0.25, 0.3) is 44.5 Å². The van der Waals surface area contributed by atoms with Gasteiger partial charge in [0.1, 0.15) is 35.2 Å². The van der Waals surface area contributed by atoms with E-state index in [-0.39, 0.29) is 12.2 Å². The van der Waals surface area contributed by atoms with Crippen molar-refractivity contribution >= 4 is 0 Å². The normalized spacial score (nSPS) is 16.6. The van der Waals surface area contributed by atoms with Gasteiger partial charge in [-0.25, -0.2) is 0 Å². The lowest BCUT2D eigenvalue weighted by atomic mass is 9.76. The number of phenols is 2. The fourth-order valence-electron chi connectivity index (χ4n) is 11.5. The number of rotatable bonds is 9. The molecule has 6 aromatic rings. The average molecular weight is 823 g/mol. The van der Waals surface area contributed by atoms with Crippen molar-refractivity contribution in [2.24, 2.45) is 0 Å². The van der Waals surface area contributed by atoms with Crippen molar-refractivity contribution in [3.05, 3.63) is 141 Å². The Morgan fingerprint density at radius 3 is 1.05 bits per heavy atom. The van der Waals surface area contributed by atoms with Crippen LogP contribution < -0.4 is 9.47 Å². The van der Waals surface area contributed by atoms with E-state index in [9.17, 15) is 10.2 Å². The molecule has 0 amide bonds. The van der Waals surface area contributed by atoms with Gasteiger partial charge >= 0.3 is 0 Å². The number of fused-ring (bicyclic) bond motifs is 4. The van der Waals surface area contributed by atoms with Crippen LogP contribution in [-0.2, 0) is 51.4 Å². The van der Waals surface area contributed by atoms with Gasteiger partial charge in [-0.05, 0) is 234 Å². The van der Waals surface area contributed by atoms with E-state index in [1.54, 1.807) is 0 Å². The molecule has 0 bridgehead atoms. The third kappa shape index (κ3) is 7.48. The molecule has 0 heterocycles. The first-order valence-corrected chi connectivity index (χ1v) is 23.8. The summed E-state index contributed by atoms with van der Waals surface area (Å²) >= 11 is 0.